The van der Waals surface area contributed by atoms with Crippen molar-refractivity contribution < 1.29 is 4.92 Å². The van der Waals surface area contributed by atoms with Crippen LogP contribution < -0.4 is 5.32 Å². The van der Waals surface area contributed by atoms with E-state index in [1.54, 1.807) is 12.1 Å². The maximum absolute atomic E-state index is 10.8. The first-order valence-corrected chi connectivity index (χ1v) is 7.03. The molecule has 0 unspecified atom stereocenters. The molecule has 5 nitrogen and oxygen atoms in total. The molecule has 5 heteroatoms. The van der Waals surface area contributed by atoms with Gasteiger partial charge in [-0.25, -0.2) is 0 Å². The van der Waals surface area contributed by atoms with Gasteiger partial charge in [-0.2, -0.15) is 5.26 Å². The number of nitro groups is 1. The summed E-state index contributed by atoms with van der Waals surface area (Å²) < 4.78 is 0. The highest BCUT2D eigenvalue weighted by Crippen LogP contribution is 2.41. The third-order valence-corrected chi connectivity index (χ3v) is 4.40. The SMILES string of the molecule is CCC1(CNc2ccc([N+](=O)[O-])c(C#N)c2)CCCC1. The number of hydrogen-bond donors (Lipinski definition) is 1. The van der Waals surface area contributed by atoms with E-state index in [4.69, 9.17) is 5.26 Å². The maximum Gasteiger partial charge on any atom is 0.287 e. The van der Waals surface area contributed by atoms with Gasteiger partial charge in [0, 0.05) is 18.3 Å². The van der Waals surface area contributed by atoms with Crippen molar-refractivity contribution >= 4 is 11.4 Å². The van der Waals surface area contributed by atoms with Gasteiger partial charge >= 0.3 is 0 Å². The quantitative estimate of drug-likeness (QED) is 0.652. The standard InChI is InChI=1S/C15H19N3O2/c1-2-15(7-3-4-8-15)11-17-13-5-6-14(18(19)20)12(9-13)10-16/h5-6,9,17H,2-4,7-8,11H2,1H3. The lowest BCUT2D eigenvalue weighted by atomic mass is 9.83. The Balaban J connectivity index is 2.11. The normalized spacial score (nSPS) is 16.6. The van der Waals surface area contributed by atoms with Crippen LogP contribution in [-0.2, 0) is 0 Å². The van der Waals surface area contributed by atoms with Crippen LogP contribution in [0.25, 0.3) is 0 Å². The fourth-order valence-electron chi connectivity index (χ4n) is 2.96. The van der Waals surface area contributed by atoms with Crippen LogP contribution in [0.3, 0.4) is 0 Å². The summed E-state index contributed by atoms with van der Waals surface area (Å²) in [5.74, 6) is 0. The Morgan fingerprint density at radius 1 is 1.45 bits per heavy atom. The molecule has 0 spiro atoms. The average Bonchev–Trinajstić information content (AvgIpc) is 2.94. The maximum atomic E-state index is 10.8. The molecule has 0 amide bonds. The van der Waals surface area contributed by atoms with E-state index in [9.17, 15) is 10.1 Å². The molecule has 0 bridgehead atoms. The third-order valence-electron chi connectivity index (χ3n) is 4.40. The van der Waals surface area contributed by atoms with Gasteiger partial charge < -0.3 is 5.32 Å². The molecule has 106 valence electrons. The monoisotopic (exact) mass is 273 g/mol. The highest BCUT2D eigenvalue weighted by atomic mass is 16.6. The Kier molecular flexibility index (Phi) is 4.23. The summed E-state index contributed by atoms with van der Waals surface area (Å²) in [4.78, 5) is 10.3. The van der Waals surface area contributed by atoms with Crippen molar-refractivity contribution in [2.24, 2.45) is 5.41 Å². The van der Waals surface area contributed by atoms with Crippen LogP contribution >= 0.6 is 0 Å². The van der Waals surface area contributed by atoms with Crippen LogP contribution in [0.1, 0.15) is 44.6 Å². The highest BCUT2D eigenvalue weighted by Gasteiger charge is 2.31. The van der Waals surface area contributed by atoms with E-state index in [1.807, 2.05) is 6.07 Å². The number of rotatable bonds is 5. The van der Waals surface area contributed by atoms with Crippen LogP contribution in [0.4, 0.5) is 11.4 Å². The van der Waals surface area contributed by atoms with E-state index >= 15 is 0 Å². The lowest BCUT2D eigenvalue weighted by Crippen LogP contribution is -2.25. The lowest BCUT2D eigenvalue weighted by Gasteiger charge is -2.28. The minimum absolute atomic E-state index is 0.108. The Morgan fingerprint density at radius 3 is 2.70 bits per heavy atom. The van der Waals surface area contributed by atoms with Crippen molar-refractivity contribution in [3.05, 3.63) is 33.9 Å². The van der Waals surface area contributed by atoms with Gasteiger partial charge in [0.15, 0.2) is 0 Å². The second-order valence-electron chi connectivity index (χ2n) is 5.52. The number of nitrogens with zero attached hydrogens (tertiary/aromatic N) is 2. The van der Waals surface area contributed by atoms with E-state index in [0.717, 1.165) is 18.7 Å². The summed E-state index contributed by atoms with van der Waals surface area (Å²) in [6, 6.07) is 6.53. The fraction of sp³-hybridized carbons (Fsp3) is 0.533. The first-order valence-electron chi connectivity index (χ1n) is 7.03. The molecule has 1 aliphatic carbocycles. The summed E-state index contributed by atoms with van der Waals surface area (Å²) in [7, 11) is 0. The minimum Gasteiger partial charge on any atom is -0.384 e. The number of nitriles is 1. The molecule has 0 saturated heterocycles. The Hall–Kier alpha value is -2.09. The molecule has 1 aromatic rings. The summed E-state index contributed by atoms with van der Waals surface area (Å²) in [6.45, 7) is 3.08. The van der Waals surface area contributed by atoms with Gasteiger partial charge in [-0.05, 0) is 36.8 Å². The van der Waals surface area contributed by atoms with Gasteiger partial charge in [-0.1, -0.05) is 19.8 Å². The Morgan fingerprint density at radius 2 is 2.15 bits per heavy atom. The lowest BCUT2D eigenvalue weighted by molar-refractivity contribution is -0.385. The molecule has 20 heavy (non-hydrogen) atoms. The van der Waals surface area contributed by atoms with E-state index in [-0.39, 0.29) is 11.3 Å². The molecule has 0 aliphatic heterocycles. The molecule has 2 rings (SSSR count). The molecule has 1 N–H and O–H groups in total. The Labute approximate surface area is 118 Å². The van der Waals surface area contributed by atoms with Crippen molar-refractivity contribution in [1.82, 2.24) is 0 Å². The van der Waals surface area contributed by atoms with Gasteiger partial charge in [0.1, 0.15) is 11.6 Å². The minimum atomic E-state index is -0.521. The van der Waals surface area contributed by atoms with Crippen molar-refractivity contribution in [3.8, 4) is 6.07 Å². The molecule has 1 aliphatic rings. The number of benzene rings is 1. The molecule has 0 aromatic heterocycles. The summed E-state index contributed by atoms with van der Waals surface area (Å²) in [5, 5.41) is 23.1. The molecule has 1 saturated carbocycles. The van der Waals surface area contributed by atoms with Gasteiger partial charge in [0.2, 0.25) is 0 Å². The molecular formula is C15H19N3O2. The highest BCUT2D eigenvalue weighted by molar-refractivity contribution is 5.58. The average molecular weight is 273 g/mol. The zero-order valence-corrected chi connectivity index (χ0v) is 11.7. The fourth-order valence-corrected chi connectivity index (χ4v) is 2.96. The number of hydrogen-bond acceptors (Lipinski definition) is 4. The molecule has 0 heterocycles. The van der Waals surface area contributed by atoms with Crippen molar-refractivity contribution in [1.29, 1.82) is 5.26 Å². The number of anilines is 1. The first-order chi connectivity index (χ1) is 9.60. The largest absolute Gasteiger partial charge is 0.384 e. The zero-order chi connectivity index (χ0) is 14.6. The Bertz CT molecular complexity index is 543. The van der Waals surface area contributed by atoms with Crippen LogP contribution in [0.2, 0.25) is 0 Å². The predicted molar refractivity (Wildman–Crippen MR) is 77.5 cm³/mol. The molecule has 1 fully saturated rings. The third kappa shape index (κ3) is 2.90. The first kappa shape index (κ1) is 14.3. The summed E-state index contributed by atoms with van der Waals surface area (Å²) in [6.07, 6.45) is 6.15. The molecular weight excluding hydrogens is 254 g/mol. The van der Waals surface area contributed by atoms with Gasteiger partial charge in [-0.3, -0.25) is 10.1 Å². The summed E-state index contributed by atoms with van der Waals surface area (Å²) in [5.41, 5.74) is 1.10. The predicted octanol–water partition coefficient (Wildman–Crippen LogP) is 3.85. The van der Waals surface area contributed by atoms with Crippen molar-refractivity contribution in [2.45, 2.75) is 39.0 Å². The molecule has 0 radical (unpaired) electrons. The smallest absolute Gasteiger partial charge is 0.287 e. The number of nitrogens with one attached hydrogen (secondary N) is 1. The van der Waals surface area contributed by atoms with Crippen LogP contribution in [0, 0.1) is 26.9 Å². The van der Waals surface area contributed by atoms with Crippen LogP contribution in [0.15, 0.2) is 18.2 Å². The van der Waals surface area contributed by atoms with Crippen LogP contribution in [0.5, 0.6) is 0 Å². The van der Waals surface area contributed by atoms with Gasteiger partial charge in [0.25, 0.3) is 5.69 Å². The van der Waals surface area contributed by atoms with Crippen molar-refractivity contribution in [2.75, 3.05) is 11.9 Å². The van der Waals surface area contributed by atoms with E-state index in [1.165, 1.54) is 31.7 Å². The molecule has 1 aromatic carbocycles. The van der Waals surface area contributed by atoms with Gasteiger partial charge in [-0.15, -0.1) is 0 Å². The second kappa shape index (κ2) is 5.91. The van der Waals surface area contributed by atoms with E-state index < -0.39 is 4.92 Å². The summed E-state index contributed by atoms with van der Waals surface area (Å²) >= 11 is 0. The number of nitro benzene ring substituents is 1. The van der Waals surface area contributed by atoms with Gasteiger partial charge in [0.05, 0.1) is 4.92 Å². The van der Waals surface area contributed by atoms with Crippen LogP contribution in [-0.4, -0.2) is 11.5 Å². The van der Waals surface area contributed by atoms with E-state index in [2.05, 4.69) is 12.2 Å². The van der Waals surface area contributed by atoms with Crippen molar-refractivity contribution in [3.63, 3.8) is 0 Å². The van der Waals surface area contributed by atoms with E-state index in [0.29, 0.717) is 5.41 Å². The zero-order valence-electron chi connectivity index (χ0n) is 11.7. The topological polar surface area (TPSA) is 79.0 Å². The second-order valence-corrected chi connectivity index (χ2v) is 5.52. The molecule has 0 atom stereocenters.